The molecule has 3 aliphatic rings. The minimum absolute atomic E-state index is 0.0112. The Labute approximate surface area is 124 Å². The standard InChI is InChI=1S/C13H20N2O3S2/c1-15-10-7-20(17,18)8-11(10)19-13(15)14-12(16)9-5-3-2-4-6-9/h9-11H,2-8H2,1H3/t10-,11+/m0/s1. The number of carbonyl (C=O) groups is 1. The van der Waals surface area contributed by atoms with Gasteiger partial charge in [0.1, 0.15) is 0 Å². The Morgan fingerprint density at radius 2 is 1.95 bits per heavy atom. The molecular formula is C13H20N2O3S2. The summed E-state index contributed by atoms with van der Waals surface area (Å²) >= 11 is 1.46. The van der Waals surface area contributed by atoms with Crippen molar-refractivity contribution in [1.29, 1.82) is 0 Å². The molecular weight excluding hydrogens is 296 g/mol. The first kappa shape index (κ1) is 14.4. The van der Waals surface area contributed by atoms with Gasteiger partial charge in [0.15, 0.2) is 15.0 Å². The van der Waals surface area contributed by atoms with Crippen LogP contribution >= 0.6 is 11.8 Å². The maximum absolute atomic E-state index is 12.2. The first-order valence-electron chi connectivity index (χ1n) is 7.19. The SMILES string of the molecule is CN1C(=NC(=O)C2CCCCC2)S[C@@H]2CS(=O)(=O)C[C@@H]21. The van der Waals surface area contributed by atoms with Crippen LogP contribution in [0.2, 0.25) is 0 Å². The maximum atomic E-state index is 12.2. The molecule has 5 nitrogen and oxygen atoms in total. The van der Waals surface area contributed by atoms with Gasteiger partial charge in [-0.25, -0.2) is 8.42 Å². The second-order valence-electron chi connectivity index (χ2n) is 5.98. The van der Waals surface area contributed by atoms with Crippen LogP contribution in [0.3, 0.4) is 0 Å². The number of fused-ring (bicyclic) bond motifs is 1. The van der Waals surface area contributed by atoms with E-state index in [2.05, 4.69) is 4.99 Å². The van der Waals surface area contributed by atoms with E-state index in [1.165, 1.54) is 18.2 Å². The van der Waals surface area contributed by atoms with Crippen LogP contribution in [-0.2, 0) is 14.6 Å². The van der Waals surface area contributed by atoms with Crippen LogP contribution in [0.25, 0.3) is 0 Å². The number of rotatable bonds is 1. The second-order valence-corrected chi connectivity index (χ2v) is 9.34. The quantitative estimate of drug-likeness (QED) is 0.729. The lowest BCUT2D eigenvalue weighted by Crippen LogP contribution is -2.34. The number of sulfone groups is 1. The number of amidine groups is 1. The highest BCUT2D eigenvalue weighted by atomic mass is 32.2. The summed E-state index contributed by atoms with van der Waals surface area (Å²) in [7, 11) is -1.06. The Hall–Kier alpha value is -0.560. The largest absolute Gasteiger partial charge is 0.349 e. The van der Waals surface area contributed by atoms with E-state index in [4.69, 9.17) is 0 Å². The summed E-state index contributed by atoms with van der Waals surface area (Å²) in [6.07, 6.45) is 5.36. The van der Waals surface area contributed by atoms with E-state index in [0.717, 1.165) is 25.7 Å². The molecule has 2 heterocycles. The van der Waals surface area contributed by atoms with E-state index in [1.54, 1.807) is 0 Å². The molecule has 0 bridgehead atoms. The minimum Gasteiger partial charge on any atom is -0.349 e. The lowest BCUT2D eigenvalue weighted by molar-refractivity contribution is -0.122. The smallest absolute Gasteiger partial charge is 0.251 e. The first-order chi connectivity index (χ1) is 9.46. The van der Waals surface area contributed by atoms with Crippen molar-refractivity contribution in [3.63, 3.8) is 0 Å². The van der Waals surface area contributed by atoms with Crippen molar-refractivity contribution in [3.8, 4) is 0 Å². The van der Waals surface area contributed by atoms with Gasteiger partial charge in [-0.2, -0.15) is 4.99 Å². The molecule has 7 heteroatoms. The van der Waals surface area contributed by atoms with Gasteiger partial charge in [-0.15, -0.1) is 0 Å². The van der Waals surface area contributed by atoms with Gasteiger partial charge in [-0.05, 0) is 12.8 Å². The zero-order valence-electron chi connectivity index (χ0n) is 11.6. The summed E-state index contributed by atoms with van der Waals surface area (Å²) in [4.78, 5) is 18.4. The Bertz CT molecular complexity index is 538. The number of carbonyl (C=O) groups excluding carboxylic acids is 1. The predicted octanol–water partition coefficient (Wildman–Crippen LogP) is 1.29. The molecule has 2 saturated heterocycles. The van der Waals surface area contributed by atoms with Crippen molar-refractivity contribution in [2.45, 2.75) is 43.4 Å². The van der Waals surface area contributed by atoms with Crippen molar-refractivity contribution in [3.05, 3.63) is 0 Å². The van der Waals surface area contributed by atoms with Crippen LogP contribution < -0.4 is 0 Å². The topological polar surface area (TPSA) is 66.8 Å². The summed E-state index contributed by atoms with van der Waals surface area (Å²) < 4.78 is 23.2. The van der Waals surface area contributed by atoms with Crippen LogP contribution in [0.4, 0.5) is 0 Å². The highest BCUT2D eigenvalue weighted by Gasteiger charge is 2.47. The van der Waals surface area contributed by atoms with Crippen molar-refractivity contribution in [2.24, 2.45) is 10.9 Å². The van der Waals surface area contributed by atoms with E-state index in [0.29, 0.717) is 5.17 Å². The fourth-order valence-corrected chi connectivity index (χ4v) is 7.27. The van der Waals surface area contributed by atoms with Crippen LogP contribution in [0.5, 0.6) is 0 Å². The Morgan fingerprint density at radius 3 is 2.60 bits per heavy atom. The molecule has 1 aliphatic carbocycles. The van der Waals surface area contributed by atoms with Gasteiger partial charge in [0.05, 0.1) is 17.5 Å². The van der Waals surface area contributed by atoms with Crippen LogP contribution in [0.1, 0.15) is 32.1 Å². The fraction of sp³-hybridized carbons (Fsp3) is 0.846. The average molecular weight is 316 g/mol. The van der Waals surface area contributed by atoms with Crippen LogP contribution in [-0.4, -0.2) is 54.2 Å². The van der Waals surface area contributed by atoms with E-state index in [9.17, 15) is 13.2 Å². The predicted molar refractivity (Wildman–Crippen MR) is 80.6 cm³/mol. The van der Waals surface area contributed by atoms with Gasteiger partial charge in [-0.1, -0.05) is 31.0 Å². The summed E-state index contributed by atoms with van der Waals surface area (Å²) in [5.74, 6) is 0.470. The molecule has 3 fully saturated rings. The molecule has 0 spiro atoms. The number of thioether (sulfide) groups is 1. The summed E-state index contributed by atoms with van der Waals surface area (Å²) in [6.45, 7) is 0. The van der Waals surface area contributed by atoms with E-state index in [-0.39, 0.29) is 34.6 Å². The molecule has 2 atom stereocenters. The van der Waals surface area contributed by atoms with Crippen molar-refractivity contribution in [2.75, 3.05) is 18.6 Å². The van der Waals surface area contributed by atoms with E-state index >= 15 is 0 Å². The molecule has 0 N–H and O–H groups in total. The first-order valence-corrected chi connectivity index (χ1v) is 9.89. The lowest BCUT2D eigenvalue weighted by atomic mass is 9.89. The van der Waals surface area contributed by atoms with Crippen LogP contribution in [0, 0.1) is 5.92 Å². The zero-order chi connectivity index (χ0) is 14.3. The summed E-state index contributed by atoms with van der Waals surface area (Å²) in [5.41, 5.74) is 0. The van der Waals surface area contributed by atoms with Gasteiger partial charge in [-0.3, -0.25) is 4.79 Å². The minimum atomic E-state index is -2.91. The van der Waals surface area contributed by atoms with Gasteiger partial charge < -0.3 is 4.90 Å². The fourth-order valence-electron chi connectivity index (χ4n) is 3.27. The summed E-state index contributed by atoms with van der Waals surface area (Å²) in [6, 6.07) is -0.0112. The van der Waals surface area contributed by atoms with Crippen molar-refractivity contribution < 1.29 is 13.2 Å². The Kier molecular flexibility index (Phi) is 3.83. The monoisotopic (exact) mass is 316 g/mol. The van der Waals surface area contributed by atoms with E-state index < -0.39 is 9.84 Å². The molecule has 0 aromatic rings. The third-order valence-corrected chi connectivity index (χ3v) is 7.79. The average Bonchev–Trinajstić information content (AvgIpc) is 2.85. The van der Waals surface area contributed by atoms with Gasteiger partial charge in [0.2, 0.25) is 0 Å². The van der Waals surface area contributed by atoms with Gasteiger partial charge in [0, 0.05) is 18.2 Å². The molecule has 2 aliphatic heterocycles. The Balaban J connectivity index is 1.70. The third-order valence-electron chi connectivity index (χ3n) is 4.49. The molecule has 112 valence electrons. The lowest BCUT2D eigenvalue weighted by Gasteiger charge is -2.20. The molecule has 0 unspecified atom stereocenters. The molecule has 0 aromatic heterocycles. The third kappa shape index (κ3) is 2.74. The van der Waals surface area contributed by atoms with Gasteiger partial charge in [0.25, 0.3) is 5.91 Å². The van der Waals surface area contributed by atoms with Crippen LogP contribution in [0.15, 0.2) is 4.99 Å². The molecule has 1 amide bonds. The van der Waals surface area contributed by atoms with Crippen molar-refractivity contribution in [1.82, 2.24) is 4.90 Å². The highest BCUT2D eigenvalue weighted by Crippen LogP contribution is 2.37. The highest BCUT2D eigenvalue weighted by molar-refractivity contribution is 8.15. The number of hydrogen-bond acceptors (Lipinski definition) is 4. The molecule has 0 aromatic carbocycles. The summed E-state index contributed by atoms with van der Waals surface area (Å²) in [5, 5.41) is 0.758. The molecule has 0 radical (unpaired) electrons. The molecule has 1 saturated carbocycles. The number of nitrogens with zero attached hydrogens (tertiary/aromatic N) is 2. The molecule has 20 heavy (non-hydrogen) atoms. The molecule has 3 rings (SSSR count). The Morgan fingerprint density at radius 1 is 1.25 bits per heavy atom. The number of hydrogen-bond donors (Lipinski definition) is 0. The van der Waals surface area contributed by atoms with Gasteiger partial charge >= 0.3 is 0 Å². The van der Waals surface area contributed by atoms with E-state index in [1.807, 2.05) is 11.9 Å². The normalized spacial score (nSPS) is 35.5. The number of aliphatic imine (C=N–C) groups is 1. The number of amides is 1. The maximum Gasteiger partial charge on any atom is 0.251 e. The second kappa shape index (κ2) is 5.33. The van der Waals surface area contributed by atoms with Crippen molar-refractivity contribution >= 4 is 32.7 Å². The zero-order valence-corrected chi connectivity index (χ0v) is 13.3.